The van der Waals surface area contributed by atoms with Gasteiger partial charge in [-0.25, -0.2) is 4.98 Å². The fourth-order valence-electron chi connectivity index (χ4n) is 4.53. The molecule has 0 radical (unpaired) electrons. The van der Waals surface area contributed by atoms with Crippen LogP contribution in [0.25, 0.3) is 0 Å². The van der Waals surface area contributed by atoms with Gasteiger partial charge in [0, 0.05) is 38.9 Å². The number of piperidine rings is 1. The smallest absolute Gasteiger partial charge is 0.276 e. The van der Waals surface area contributed by atoms with Crippen molar-refractivity contribution in [1.29, 1.82) is 0 Å². The fraction of sp³-hybridized carbons (Fsp3) is 0.722. The van der Waals surface area contributed by atoms with E-state index in [2.05, 4.69) is 9.88 Å². The van der Waals surface area contributed by atoms with Crippen molar-refractivity contribution in [3.63, 3.8) is 0 Å². The molecule has 1 aromatic rings. The SMILES string of the molecule is Cc1ocnc1C(=O)N1CC[C@]2(CCCN(C3CCOCC3)C2=O)C1. The van der Waals surface area contributed by atoms with Gasteiger partial charge in [0.1, 0.15) is 5.76 Å². The van der Waals surface area contributed by atoms with Crippen LogP contribution in [0.1, 0.15) is 48.4 Å². The number of aromatic nitrogens is 1. The monoisotopic (exact) mass is 347 g/mol. The maximum absolute atomic E-state index is 13.3. The van der Waals surface area contributed by atoms with Crippen molar-refractivity contribution in [1.82, 2.24) is 14.8 Å². The molecule has 0 unspecified atom stereocenters. The van der Waals surface area contributed by atoms with E-state index >= 15 is 0 Å². The van der Waals surface area contributed by atoms with Crippen LogP contribution in [0.4, 0.5) is 0 Å². The number of amides is 2. The fourth-order valence-corrected chi connectivity index (χ4v) is 4.53. The van der Waals surface area contributed by atoms with Gasteiger partial charge in [0.25, 0.3) is 5.91 Å². The van der Waals surface area contributed by atoms with Crippen LogP contribution in [0.2, 0.25) is 0 Å². The average Bonchev–Trinajstić information content (AvgIpc) is 3.25. The van der Waals surface area contributed by atoms with Gasteiger partial charge >= 0.3 is 0 Å². The molecule has 3 aliphatic rings. The van der Waals surface area contributed by atoms with Crippen molar-refractivity contribution in [2.75, 3.05) is 32.8 Å². The Balaban J connectivity index is 1.49. The Hall–Kier alpha value is -1.89. The Morgan fingerprint density at radius 1 is 1.28 bits per heavy atom. The molecule has 3 saturated heterocycles. The van der Waals surface area contributed by atoms with Crippen molar-refractivity contribution >= 4 is 11.8 Å². The highest BCUT2D eigenvalue weighted by molar-refractivity contribution is 5.94. The van der Waals surface area contributed by atoms with Gasteiger partial charge in [-0.15, -0.1) is 0 Å². The summed E-state index contributed by atoms with van der Waals surface area (Å²) in [6, 6.07) is 0.293. The lowest BCUT2D eigenvalue weighted by Gasteiger charge is -2.44. The van der Waals surface area contributed by atoms with Crippen molar-refractivity contribution < 1.29 is 18.7 Å². The molecule has 25 heavy (non-hydrogen) atoms. The molecule has 7 nitrogen and oxygen atoms in total. The van der Waals surface area contributed by atoms with Gasteiger partial charge in [0.05, 0.1) is 5.41 Å². The first-order valence-electron chi connectivity index (χ1n) is 9.19. The molecular weight excluding hydrogens is 322 g/mol. The largest absolute Gasteiger partial charge is 0.448 e. The van der Waals surface area contributed by atoms with Crippen LogP contribution >= 0.6 is 0 Å². The third-order valence-corrected chi connectivity index (χ3v) is 5.99. The third-order valence-electron chi connectivity index (χ3n) is 5.99. The number of hydrogen-bond acceptors (Lipinski definition) is 5. The maximum atomic E-state index is 13.3. The number of oxazole rings is 1. The molecule has 0 aliphatic carbocycles. The molecule has 0 N–H and O–H groups in total. The summed E-state index contributed by atoms with van der Waals surface area (Å²) < 4.78 is 10.6. The first-order chi connectivity index (χ1) is 12.1. The summed E-state index contributed by atoms with van der Waals surface area (Å²) in [5.41, 5.74) is -0.0503. The molecule has 7 heteroatoms. The number of carbonyl (C=O) groups excluding carboxylic acids is 2. The van der Waals surface area contributed by atoms with Gasteiger partial charge in [-0.05, 0) is 39.0 Å². The molecule has 4 heterocycles. The number of rotatable bonds is 2. The lowest BCUT2D eigenvalue weighted by Crippen LogP contribution is -2.55. The lowest BCUT2D eigenvalue weighted by atomic mass is 9.77. The van der Waals surface area contributed by atoms with E-state index in [1.807, 2.05) is 0 Å². The van der Waals surface area contributed by atoms with E-state index in [0.29, 0.717) is 30.6 Å². The summed E-state index contributed by atoms with van der Waals surface area (Å²) in [6.45, 7) is 5.15. The van der Waals surface area contributed by atoms with Crippen molar-refractivity contribution in [3.05, 3.63) is 17.8 Å². The second-order valence-electron chi connectivity index (χ2n) is 7.46. The molecule has 0 saturated carbocycles. The van der Waals surface area contributed by atoms with E-state index in [4.69, 9.17) is 9.15 Å². The van der Waals surface area contributed by atoms with Crippen molar-refractivity contribution in [3.8, 4) is 0 Å². The average molecular weight is 347 g/mol. The number of aryl methyl sites for hydroxylation is 1. The van der Waals surface area contributed by atoms with Crippen molar-refractivity contribution in [2.24, 2.45) is 5.41 Å². The van der Waals surface area contributed by atoms with Crippen LogP contribution in [0.3, 0.4) is 0 Å². The lowest BCUT2D eigenvalue weighted by molar-refractivity contribution is -0.150. The summed E-state index contributed by atoms with van der Waals surface area (Å²) in [7, 11) is 0. The van der Waals surface area contributed by atoms with E-state index in [1.54, 1.807) is 11.8 Å². The minimum atomic E-state index is -0.413. The number of ether oxygens (including phenoxy) is 1. The minimum Gasteiger partial charge on any atom is -0.448 e. The van der Waals surface area contributed by atoms with Crippen LogP contribution in [0, 0.1) is 12.3 Å². The van der Waals surface area contributed by atoms with Crippen molar-refractivity contribution in [2.45, 2.75) is 45.1 Å². The molecule has 136 valence electrons. The maximum Gasteiger partial charge on any atom is 0.276 e. The minimum absolute atomic E-state index is 0.126. The van der Waals surface area contributed by atoms with E-state index in [1.165, 1.54) is 6.39 Å². The van der Waals surface area contributed by atoms with Crippen LogP contribution < -0.4 is 0 Å². The predicted octanol–water partition coefficient (Wildman–Crippen LogP) is 1.62. The van der Waals surface area contributed by atoms with Gasteiger partial charge in [-0.2, -0.15) is 0 Å². The van der Waals surface area contributed by atoms with Gasteiger partial charge in [0.2, 0.25) is 5.91 Å². The van der Waals surface area contributed by atoms with E-state index in [0.717, 1.165) is 51.9 Å². The number of likely N-dealkylation sites (tertiary alicyclic amines) is 2. The molecule has 2 amide bonds. The highest BCUT2D eigenvalue weighted by atomic mass is 16.5. The van der Waals surface area contributed by atoms with Gasteiger partial charge in [-0.1, -0.05) is 0 Å². The Bertz CT molecular complexity index is 667. The van der Waals surface area contributed by atoms with Gasteiger partial charge in [0.15, 0.2) is 12.1 Å². The topological polar surface area (TPSA) is 75.9 Å². The first-order valence-corrected chi connectivity index (χ1v) is 9.19. The molecule has 4 rings (SSSR count). The molecule has 0 bridgehead atoms. The zero-order valence-corrected chi connectivity index (χ0v) is 14.7. The summed E-state index contributed by atoms with van der Waals surface area (Å²) >= 11 is 0. The number of nitrogens with zero attached hydrogens (tertiary/aromatic N) is 3. The van der Waals surface area contributed by atoms with Crippen LogP contribution in [0.15, 0.2) is 10.8 Å². The Morgan fingerprint density at radius 3 is 2.80 bits per heavy atom. The Morgan fingerprint density at radius 2 is 2.08 bits per heavy atom. The zero-order chi connectivity index (χ0) is 17.4. The van der Waals surface area contributed by atoms with Crippen LogP contribution in [-0.2, 0) is 9.53 Å². The first kappa shape index (κ1) is 16.6. The second-order valence-corrected chi connectivity index (χ2v) is 7.46. The Labute approximate surface area is 147 Å². The van der Waals surface area contributed by atoms with E-state index in [-0.39, 0.29) is 11.8 Å². The highest BCUT2D eigenvalue weighted by Crippen LogP contribution is 2.41. The highest BCUT2D eigenvalue weighted by Gasteiger charge is 2.50. The molecule has 1 spiro atoms. The summed E-state index contributed by atoms with van der Waals surface area (Å²) in [6.07, 6.45) is 5.76. The summed E-state index contributed by atoms with van der Waals surface area (Å²) in [5, 5.41) is 0. The zero-order valence-electron chi connectivity index (χ0n) is 14.7. The molecule has 0 aromatic carbocycles. The Kier molecular flexibility index (Phi) is 4.27. The molecule has 1 atom stereocenters. The molecular formula is C18H25N3O4. The second kappa shape index (κ2) is 6.44. The molecule has 3 aliphatic heterocycles. The van der Waals surface area contributed by atoms with E-state index < -0.39 is 5.41 Å². The van der Waals surface area contributed by atoms with E-state index in [9.17, 15) is 9.59 Å². The summed E-state index contributed by atoms with van der Waals surface area (Å²) in [5.74, 6) is 0.640. The summed E-state index contributed by atoms with van der Waals surface area (Å²) in [4.78, 5) is 33.9. The third kappa shape index (κ3) is 2.84. The predicted molar refractivity (Wildman–Crippen MR) is 89.0 cm³/mol. The quantitative estimate of drug-likeness (QED) is 0.812. The van der Waals surface area contributed by atoms with Gasteiger partial charge < -0.3 is 19.0 Å². The standard InChI is InChI=1S/C18H25N3O4/c1-13-15(19-12-25-13)16(22)20-8-6-18(11-20)5-2-7-21(17(18)23)14-3-9-24-10-4-14/h12,14H,2-11H2,1H3/t18-/m1/s1. The number of hydrogen-bond donors (Lipinski definition) is 0. The normalized spacial score (nSPS) is 28.1. The van der Waals surface area contributed by atoms with Gasteiger partial charge in [-0.3, -0.25) is 9.59 Å². The molecule has 1 aromatic heterocycles. The molecule has 3 fully saturated rings. The number of carbonyl (C=O) groups is 2. The van der Waals surface area contributed by atoms with Crippen LogP contribution in [0.5, 0.6) is 0 Å². The van der Waals surface area contributed by atoms with Crippen LogP contribution in [-0.4, -0.2) is 65.5 Å².